The molecule has 0 N–H and O–H groups in total. The fourth-order valence-electron chi connectivity index (χ4n) is 1.35. The SMILES string of the molecule is CSc1nnc(Sc2ccc(C(F)(F)F)c(C#N)c2)s1. The molecule has 104 valence electrons. The Morgan fingerprint density at radius 3 is 2.50 bits per heavy atom. The summed E-state index contributed by atoms with van der Waals surface area (Å²) in [7, 11) is 0. The molecule has 0 aliphatic carbocycles. The third-order valence-electron chi connectivity index (χ3n) is 2.18. The normalized spacial score (nSPS) is 11.3. The van der Waals surface area contributed by atoms with Crippen LogP contribution in [0.2, 0.25) is 0 Å². The van der Waals surface area contributed by atoms with E-state index in [1.807, 2.05) is 6.26 Å². The molecule has 0 saturated heterocycles. The van der Waals surface area contributed by atoms with E-state index in [-0.39, 0.29) is 0 Å². The van der Waals surface area contributed by atoms with Crippen molar-refractivity contribution in [2.24, 2.45) is 0 Å². The van der Waals surface area contributed by atoms with Gasteiger partial charge >= 0.3 is 6.18 Å². The van der Waals surface area contributed by atoms with Crippen molar-refractivity contribution in [3.05, 3.63) is 29.3 Å². The van der Waals surface area contributed by atoms with Crippen LogP contribution in [0, 0.1) is 11.3 Å². The van der Waals surface area contributed by atoms with Gasteiger partial charge in [0.15, 0.2) is 8.68 Å². The van der Waals surface area contributed by atoms with E-state index in [0.717, 1.165) is 10.4 Å². The van der Waals surface area contributed by atoms with Crippen LogP contribution in [0.15, 0.2) is 31.8 Å². The standard InChI is InChI=1S/C11H6F3N3S3/c1-18-9-16-17-10(20-9)19-7-2-3-8(11(12,13)14)6(4-7)5-15/h2-4H,1H3. The van der Waals surface area contributed by atoms with Gasteiger partial charge in [-0.2, -0.15) is 18.4 Å². The number of hydrogen-bond donors (Lipinski definition) is 0. The molecule has 2 aromatic rings. The Bertz CT molecular complexity index is 661. The largest absolute Gasteiger partial charge is 0.417 e. The Kier molecular flexibility index (Phi) is 4.57. The summed E-state index contributed by atoms with van der Waals surface area (Å²) in [4.78, 5) is 0.526. The molecule has 0 radical (unpaired) electrons. The number of alkyl halides is 3. The van der Waals surface area contributed by atoms with E-state index in [0.29, 0.717) is 9.24 Å². The number of hydrogen-bond acceptors (Lipinski definition) is 6. The highest BCUT2D eigenvalue weighted by molar-refractivity contribution is 8.03. The summed E-state index contributed by atoms with van der Waals surface area (Å²) in [6.07, 6.45) is -2.66. The second kappa shape index (κ2) is 6.03. The van der Waals surface area contributed by atoms with Crippen molar-refractivity contribution >= 4 is 34.9 Å². The van der Waals surface area contributed by atoms with E-state index < -0.39 is 17.3 Å². The summed E-state index contributed by atoms with van der Waals surface area (Å²) in [5.74, 6) is 0. The Hall–Kier alpha value is -1.24. The number of nitrogens with zero attached hydrogens (tertiary/aromatic N) is 3. The van der Waals surface area contributed by atoms with E-state index in [1.165, 1.54) is 47.0 Å². The van der Waals surface area contributed by atoms with Gasteiger partial charge in [-0.3, -0.25) is 0 Å². The maximum Gasteiger partial charge on any atom is 0.417 e. The van der Waals surface area contributed by atoms with Crippen LogP contribution < -0.4 is 0 Å². The number of nitriles is 1. The number of halogens is 3. The number of rotatable bonds is 3. The molecule has 2 rings (SSSR count). The second-order valence-electron chi connectivity index (χ2n) is 3.46. The predicted molar refractivity (Wildman–Crippen MR) is 72.0 cm³/mol. The minimum atomic E-state index is -4.52. The molecule has 0 atom stereocenters. The Morgan fingerprint density at radius 2 is 1.95 bits per heavy atom. The topological polar surface area (TPSA) is 49.6 Å². The van der Waals surface area contributed by atoms with E-state index in [1.54, 1.807) is 6.07 Å². The van der Waals surface area contributed by atoms with Crippen LogP contribution in [-0.4, -0.2) is 16.5 Å². The minimum absolute atomic E-state index is 0.392. The van der Waals surface area contributed by atoms with Gasteiger partial charge in [-0.05, 0) is 24.5 Å². The van der Waals surface area contributed by atoms with Gasteiger partial charge in [-0.1, -0.05) is 34.9 Å². The van der Waals surface area contributed by atoms with Crippen molar-refractivity contribution in [1.29, 1.82) is 5.26 Å². The minimum Gasteiger partial charge on any atom is -0.192 e. The lowest BCUT2D eigenvalue weighted by Gasteiger charge is -2.09. The summed E-state index contributed by atoms with van der Waals surface area (Å²) in [5, 5.41) is 16.6. The average Bonchev–Trinajstić information content (AvgIpc) is 2.85. The van der Waals surface area contributed by atoms with Gasteiger partial charge in [-0.25, -0.2) is 0 Å². The van der Waals surface area contributed by atoms with Crippen LogP contribution in [0.1, 0.15) is 11.1 Å². The zero-order chi connectivity index (χ0) is 14.8. The highest BCUT2D eigenvalue weighted by Gasteiger charge is 2.33. The van der Waals surface area contributed by atoms with Crippen molar-refractivity contribution in [2.45, 2.75) is 19.8 Å². The molecule has 1 aromatic carbocycles. The zero-order valence-electron chi connectivity index (χ0n) is 9.93. The van der Waals surface area contributed by atoms with Crippen LogP contribution in [0.4, 0.5) is 13.2 Å². The molecule has 0 fully saturated rings. The van der Waals surface area contributed by atoms with E-state index in [9.17, 15) is 13.2 Å². The first-order valence-electron chi connectivity index (χ1n) is 5.10. The highest BCUT2D eigenvalue weighted by atomic mass is 32.2. The first-order chi connectivity index (χ1) is 9.44. The summed E-state index contributed by atoms with van der Waals surface area (Å²) in [5.41, 5.74) is -1.32. The lowest BCUT2D eigenvalue weighted by molar-refractivity contribution is -0.137. The molecule has 0 aliphatic heterocycles. The van der Waals surface area contributed by atoms with Crippen molar-refractivity contribution in [1.82, 2.24) is 10.2 Å². The predicted octanol–water partition coefficient (Wildman–Crippen LogP) is 4.30. The van der Waals surface area contributed by atoms with Crippen LogP contribution in [0.25, 0.3) is 0 Å². The zero-order valence-corrected chi connectivity index (χ0v) is 12.4. The quantitative estimate of drug-likeness (QED) is 0.784. The van der Waals surface area contributed by atoms with Crippen LogP contribution >= 0.6 is 34.9 Å². The van der Waals surface area contributed by atoms with Gasteiger partial charge < -0.3 is 0 Å². The first-order valence-corrected chi connectivity index (χ1v) is 7.96. The van der Waals surface area contributed by atoms with Crippen molar-refractivity contribution in [2.75, 3.05) is 6.26 Å². The van der Waals surface area contributed by atoms with Crippen LogP contribution in [-0.2, 0) is 6.18 Å². The number of aromatic nitrogens is 2. The molecular weight excluding hydrogens is 327 g/mol. The molecule has 0 aliphatic rings. The van der Waals surface area contributed by atoms with Crippen molar-refractivity contribution < 1.29 is 13.2 Å². The third-order valence-corrected chi connectivity index (χ3v) is 5.12. The summed E-state index contributed by atoms with van der Waals surface area (Å²) in [6, 6.07) is 5.03. The van der Waals surface area contributed by atoms with E-state index in [2.05, 4.69) is 10.2 Å². The van der Waals surface area contributed by atoms with Crippen molar-refractivity contribution in [3.8, 4) is 6.07 Å². The van der Waals surface area contributed by atoms with Gasteiger partial charge in [0.2, 0.25) is 0 Å². The van der Waals surface area contributed by atoms with Crippen LogP contribution in [0.5, 0.6) is 0 Å². The number of thioether (sulfide) groups is 1. The molecule has 0 saturated carbocycles. The maximum absolute atomic E-state index is 12.7. The molecular formula is C11H6F3N3S3. The Morgan fingerprint density at radius 1 is 1.25 bits per heavy atom. The molecule has 0 unspecified atom stereocenters. The van der Waals surface area contributed by atoms with Gasteiger partial charge in [0, 0.05) is 4.90 Å². The molecule has 3 nitrogen and oxygen atoms in total. The molecule has 1 heterocycles. The van der Waals surface area contributed by atoms with E-state index in [4.69, 9.17) is 5.26 Å². The summed E-state index contributed by atoms with van der Waals surface area (Å²) < 4.78 is 39.4. The van der Waals surface area contributed by atoms with Crippen molar-refractivity contribution in [3.63, 3.8) is 0 Å². The average molecular weight is 333 g/mol. The number of benzene rings is 1. The monoisotopic (exact) mass is 333 g/mol. The van der Waals surface area contributed by atoms with Gasteiger partial charge in [0.1, 0.15) is 0 Å². The van der Waals surface area contributed by atoms with Gasteiger partial charge in [-0.15, -0.1) is 10.2 Å². The lowest BCUT2D eigenvalue weighted by atomic mass is 10.1. The summed E-state index contributed by atoms with van der Waals surface area (Å²) in [6.45, 7) is 0. The fraction of sp³-hybridized carbons (Fsp3) is 0.182. The van der Waals surface area contributed by atoms with Gasteiger partial charge in [0.25, 0.3) is 0 Å². The van der Waals surface area contributed by atoms with Gasteiger partial charge in [0.05, 0.1) is 17.2 Å². The molecule has 9 heteroatoms. The molecule has 0 spiro atoms. The second-order valence-corrected chi connectivity index (χ2v) is 6.81. The third kappa shape index (κ3) is 3.45. The molecule has 1 aromatic heterocycles. The Labute approximate surface area is 125 Å². The lowest BCUT2D eigenvalue weighted by Crippen LogP contribution is -2.07. The smallest absolute Gasteiger partial charge is 0.192 e. The highest BCUT2D eigenvalue weighted by Crippen LogP contribution is 2.37. The van der Waals surface area contributed by atoms with Crippen LogP contribution in [0.3, 0.4) is 0 Å². The molecule has 0 amide bonds. The molecule has 0 bridgehead atoms. The Balaban J connectivity index is 2.28. The summed E-state index contributed by atoms with van der Waals surface area (Å²) >= 11 is 3.98. The first kappa shape index (κ1) is 15.2. The maximum atomic E-state index is 12.7. The van der Waals surface area contributed by atoms with E-state index >= 15 is 0 Å². The fourth-order valence-corrected chi connectivity index (χ4v) is 3.80. The molecule has 20 heavy (non-hydrogen) atoms.